The van der Waals surface area contributed by atoms with Crippen LogP contribution in [0.2, 0.25) is 0 Å². The first-order valence-corrected chi connectivity index (χ1v) is 7.02. The molecular weight excluding hydrogens is 270 g/mol. The number of likely N-dealkylation sites (N-methyl/N-ethyl adjacent to an activating group) is 1. The van der Waals surface area contributed by atoms with Gasteiger partial charge in [-0.25, -0.2) is 0 Å². The van der Waals surface area contributed by atoms with Crippen LogP contribution >= 0.6 is 0 Å². The third-order valence-corrected chi connectivity index (χ3v) is 3.41. The quantitative estimate of drug-likeness (QED) is 0.816. The molecule has 0 aliphatic carbocycles. The molecule has 0 saturated carbocycles. The summed E-state index contributed by atoms with van der Waals surface area (Å²) in [6, 6.07) is 1.82. The van der Waals surface area contributed by atoms with Gasteiger partial charge in [0.2, 0.25) is 0 Å². The molecule has 21 heavy (non-hydrogen) atoms. The summed E-state index contributed by atoms with van der Waals surface area (Å²) in [4.78, 5) is 2.07. The van der Waals surface area contributed by atoms with Gasteiger partial charge < -0.3 is 14.7 Å². The first-order valence-electron chi connectivity index (χ1n) is 7.02. The fourth-order valence-corrected chi connectivity index (χ4v) is 2.26. The van der Waals surface area contributed by atoms with Crippen LogP contribution in [-0.4, -0.2) is 57.3 Å². The number of methoxy groups -OCH3 is 1. The second-order valence-electron chi connectivity index (χ2n) is 5.10. The van der Waals surface area contributed by atoms with Crippen molar-refractivity contribution < 1.29 is 9.84 Å². The van der Waals surface area contributed by atoms with Crippen molar-refractivity contribution in [2.24, 2.45) is 0 Å². The van der Waals surface area contributed by atoms with Crippen molar-refractivity contribution in [3.8, 4) is 5.75 Å². The van der Waals surface area contributed by atoms with Gasteiger partial charge in [-0.05, 0) is 27.1 Å². The maximum Gasteiger partial charge on any atom is 0.163 e. The summed E-state index contributed by atoms with van der Waals surface area (Å²) < 4.78 is 8.90. The van der Waals surface area contributed by atoms with Crippen LogP contribution in [-0.2, 0) is 13.1 Å². The number of hydrogen-bond donors (Lipinski definition) is 1. The molecule has 0 spiro atoms. The minimum absolute atomic E-state index is 0.588. The maximum atomic E-state index is 10.7. The minimum Gasteiger partial charge on any atom is -0.493 e. The Morgan fingerprint density at radius 2 is 2.10 bits per heavy atom. The highest BCUT2D eigenvalue weighted by atomic mass is 16.5. The summed E-state index contributed by atoms with van der Waals surface area (Å²) in [5, 5.41) is 19.2. The van der Waals surface area contributed by atoms with Gasteiger partial charge in [-0.2, -0.15) is 10.2 Å². The van der Waals surface area contributed by atoms with Crippen LogP contribution in [0.1, 0.15) is 24.4 Å². The van der Waals surface area contributed by atoms with Gasteiger partial charge in [0.25, 0.3) is 0 Å². The van der Waals surface area contributed by atoms with Gasteiger partial charge in [0.05, 0.1) is 25.5 Å². The topological polar surface area (TPSA) is 68.3 Å². The summed E-state index contributed by atoms with van der Waals surface area (Å²) in [6.07, 6.45) is 2.52. The Labute approximate surface area is 124 Å². The molecule has 2 heterocycles. The van der Waals surface area contributed by atoms with E-state index < -0.39 is 6.10 Å². The molecule has 2 rings (SSSR count). The highest BCUT2D eigenvalue weighted by Gasteiger charge is 2.24. The molecule has 0 saturated heterocycles. The first kappa shape index (κ1) is 15.5. The average molecular weight is 293 g/mol. The van der Waals surface area contributed by atoms with Gasteiger partial charge >= 0.3 is 0 Å². The van der Waals surface area contributed by atoms with Crippen molar-refractivity contribution in [3.05, 3.63) is 29.8 Å². The largest absolute Gasteiger partial charge is 0.493 e. The molecule has 0 aromatic carbocycles. The van der Waals surface area contributed by atoms with Crippen LogP contribution in [0.25, 0.3) is 0 Å². The van der Waals surface area contributed by atoms with Crippen molar-refractivity contribution in [2.75, 3.05) is 27.7 Å². The second kappa shape index (κ2) is 6.73. The van der Waals surface area contributed by atoms with Crippen LogP contribution in [0.4, 0.5) is 0 Å². The van der Waals surface area contributed by atoms with E-state index in [1.54, 1.807) is 28.9 Å². The SMILES string of the molecule is CCn1nccc1C(O)c1c(OC)cnn1CCN(C)C. The van der Waals surface area contributed by atoms with Crippen molar-refractivity contribution in [2.45, 2.75) is 26.1 Å². The molecular formula is C14H23N5O2. The fraction of sp³-hybridized carbons (Fsp3) is 0.571. The van der Waals surface area contributed by atoms with Crippen molar-refractivity contribution in [1.29, 1.82) is 0 Å². The second-order valence-corrected chi connectivity index (χ2v) is 5.10. The molecule has 1 N–H and O–H groups in total. The van der Waals surface area contributed by atoms with E-state index in [4.69, 9.17) is 4.74 Å². The number of hydrogen-bond acceptors (Lipinski definition) is 5. The van der Waals surface area contributed by atoms with Gasteiger partial charge in [0, 0.05) is 19.3 Å². The smallest absolute Gasteiger partial charge is 0.163 e. The monoisotopic (exact) mass is 293 g/mol. The summed E-state index contributed by atoms with van der Waals surface area (Å²) in [6.45, 7) is 4.21. The highest BCUT2D eigenvalue weighted by Crippen LogP contribution is 2.29. The zero-order valence-corrected chi connectivity index (χ0v) is 13.0. The number of rotatable bonds is 7. The maximum absolute atomic E-state index is 10.7. The van der Waals surface area contributed by atoms with Gasteiger partial charge in [-0.15, -0.1) is 0 Å². The molecule has 7 heteroatoms. The van der Waals surface area contributed by atoms with Gasteiger partial charge in [-0.3, -0.25) is 9.36 Å². The molecule has 116 valence electrons. The van der Waals surface area contributed by atoms with E-state index in [2.05, 4.69) is 15.1 Å². The lowest BCUT2D eigenvalue weighted by atomic mass is 10.1. The Balaban J connectivity index is 2.34. The summed E-state index contributed by atoms with van der Waals surface area (Å²) in [5.41, 5.74) is 1.40. The normalized spacial score (nSPS) is 12.9. The third kappa shape index (κ3) is 3.25. The van der Waals surface area contributed by atoms with Crippen molar-refractivity contribution in [3.63, 3.8) is 0 Å². The van der Waals surface area contributed by atoms with E-state index >= 15 is 0 Å². The Morgan fingerprint density at radius 1 is 1.33 bits per heavy atom. The molecule has 7 nitrogen and oxygen atoms in total. The van der Waals surface area contributed by atoms with Gasteiger partial charge in [-0.1, -0.05) is 0 Å². The third-order valence-electron chi connectivity index (χ3n) is 3.41. The molecule has 0 fully saturated rings. The lowest BCUT2D eigenvalue weighted by molar-refractivity contribution is 0.189. The zero-order chi connectivity index (χ0) is 15.4. The lowest BCUT2D eigenvalue weighted by Gasteiger charge is -2.17. The van der Waals surface area contributed by atoms with E-state index in [0.29, 0.717) is 24.5 Å². The van der Waals surface area contributed by atoms with Crippen LogP contribution in [0.3, 0.4) is 0 Å². The Kier molecular flexibility index (Phi) is 4.98. The minimum atomic E-state index is -0.813. The molecule has 0 amide bonds. The number of aryl methyl sites for hydroxylation is 1. The summed E-state index contributed by atoms with van der Waals surface area (Å²) in [7, 11) is 5.59. The van der Waals surface area contributed by atoms with Crippen LogP contribution < -0.4 is 4.74 Å². The summed E-state index contributed by atoms with van der Waals surface area (Å²) in [5.74, 6) is 0.588. The molecule has 0 radical (unpaired) electrons. The highest BCUT2D eigenvalue weighted by molar-refractivity contribution is 5.32. The average Bonchev–Trinajstić information content (AvgIpc) is 3.10. The number of aromatic nitrogens is 4. The van der Waals surface area contributed by atoms with Crippen LogP contribution in [0, 0.1) is 0 Å². The number of ether oxygens (including phenoxy) is 1. The zero-order valence-electron chi connectivity index (χ0n) is 13.0. The van der Waals surface area contributed by atoms with Gasteiger partial charge in [0.1, 0.15) is 11.8 Å². The summed E-state index contributed by atoms with van der Waals surface area (Å²) >= 11 is 0. The lowest BCUT2D eigenvalue weighted by Crippen LogP contribution is -2.22. The molecule has 0 bridgehead atoms. The number of aliphatic hydroxyl groups excluding tert-OH is 1. The Morgan fingerprint density at radius 3 is 2.71 bits per heavy atom. The molecule has 1 atom stereocenters. The first-order chi connectivity index (χ1) is 10.1. The standard InChI is InChI=1S/C14H23N5O2/c1-5-18-11(6-7-15-18)14(20)13-12(21-4)10-16-19(13)9-8-17(2)3/h6-7,10,14,20H,5,8-9H2,1-4H3. The Hall–Kier alpha value is -1.86. The predicted octanol–water partition coefficient (Wildman–Crippen LogP) is 0.751. The van der Waals surface area contributed by atoms with Crippen molar-refractivity contribution >= 4 is 0 Å². The van der Waals surface area contributed by atoms with E-state index in [0.717, 1.165) is 12.2 Å². The van der Waals surface area contributed by atoms with Gasteiger partial charge in [0.15, 0.2) is 5.75 Å². The number of nitrogens with zero attached hydrogens (tertiary/aromatic N) is 5. The van der Waals surface area contributed by atoms with Crippen LogP contribution in [0.5, 0.6) is 5.75 Å². The number of aliphatic hydroxyl groups is 1. The van der Waals surface area contributed by atoms with E-state index in [9.17, 15) is 5.11 Å². The molecule has 2 aromatic rings. The fourth-order valence-electron chi connectivity index (χ4n) is 2.26. The van der Waals surface area contributed by atoms with E-state index in [1.165, 1.54) is 0 Å². The molecule has 1 unspecified atom stereocenters. The van der Waals surface area contributed by atoms with Crippen LogP contribution in [0.15, 0.2) is 18.5 Å². The molecule has 0 aliphatic rings. The van der Waals surface area contributed by atoms with Crippen molar-refractivity contribution in [1.82, 2.24) is 24.5 Å². The van der Waals surface area contributed by atoms with E-state index in [-0.39, 0.29) is 0 Å². The van der Waals surface area contributed by atoms with E-state index in [1.807, 2.05) is 27.1 Å². The molecule has 0 aliphatic heterocycles. The molecule has 2 aromatic heterocycles. The predicted molar refractivity (Wildman–Crippen MR) is 79.3 cm³/mol. The Bertz CT molecular complexity index is 576.